The average Bonchev–Trinajstić information content (AvgIpc) is 3.58. The lowest BCUT2D eigenvalue weighted by atomic mass is 9.91. The van der Waals surface area contributed by atoms with Gasteiger partial charge < -0.3 is 21.3 Å². The van der Waals surface area contributed by atoms with Gasteiger partial charge in [0.15, 0.2) is 5.65 Å². The van der Waals surface area contributed by atoms with E-state index in [0.29, 0.717) is 18.5 Å². The van der Waals surface area contributed by atoms with E-state index in [1.165, 1.54) is 18.4 Å². The van der Waals surface area contributed by atoms with Crippen molar-refractivity contribution >= 4 is 28.9 Å². The fourth-order valence-corrected chi connectivity index (χ4v) is 4.55. The molecule has 182 valence electrons. The Morgan fingerprint density at radius 2 is 2.11 bits per heavy atom. The van der Waals surface area contributed by atoms with Gasteiger partial charge in [-0.25, -0.2) is 4.98 Å². The van der Waals surface area contributed by atoms with Crippen molar-refractivity contribution in [3.63, 3.8) is 0 Å². The summed E-state index contributed by atoms with van der Waals surface area (Å²) in [6.45, 7) is 7.65. The topological polar surface area (TPSA) is 95.4 Å². The van der Waals surface area contributed by atoms with Gasteiger partial charge >= 0.3 is 0 Å². The van der Waals surface area contributed by atoms with Gasteiger partial charge in [0.2, 0.25) is 0 Å². The molecule has 1 saturated heterocycles. The molecule has 2 aromatic heterocycles. The van der Waals surface area contributed by atoms with Crippen LogP contribution in [0.5, 0.6) is 0 Å². The van der Waals surface area contributed by atoms with Crippen LogP contribution in [0.25, 0.3) is 5.65 Å². The standard InChI is InChI=1S/C27H33N7O/c1-4-6-25(35)32-20-8-5-7-18(13-20)15-28-24-14-23(31-21-11-12-27(2,3)29-16-21)33-26-22(19-9-10-19)17-30-34(24)26/h5,7-8,13-14,17,19,21,28-29H,9-12,15-16H2,1-3H3,(H,31,33)(H,32,35)/t21-/m0/s1. The molecular weight excluding hydrogens is 438 g/mol. The van der Waals surface area contributed by atoms with Crippen LogP contribution in [0, 0.1) is 11.8 Å². The van der Waals surface area contributed by atoms with Gasteiger partial charge in [-0.15, -0.1) is 0 Å². The molecule has 4 N–H and O–H groups in total. The van der Waals surface area contributed by atoms with Crippen molar-refractivity contribution in [2.24, 2.45) is 0 Å². The molecular formula is C27H33N7O. The summed E-state index contributed by atoms with van der Waals surface area (Å²) in [5.74, 6) is 7.13. The number of carbonyl (C=O) groups is 1. The van der Waals surface area contributed by atoms with Crippen molar-refractivity contribution in [2.75, 3.05) is 22.5 Å². The summed E-state index contributed by atoms with van der Waals surface area (Å²) in [7, 11) is 0. The minimum Gasteiger partial charge on any atom is -0.366 e. The van der Waals surface area contributed by atoms with Crippen LogP contribution in [0.2, 0.25) is 0 Å². The fourth-order valence-electron chi connectivity index (χ4n) is 4.55. The minimum atomic E-state index is -0.311. The summed E-state index contributed by atoms with van der Waals surface area (Å²) < 4.78 is 1.91. The van der Waals surface area contributed by atoms with E-state index in [9.17, 15) is 4.79 Å². The first-order chi connectivity index (χ1) is 16.9. The third-order valence-electron chi connectivity index (χ3n) is 6.71. The maximum atomic E-state index is 11.8. The number of piperidine rings is 1. The lowest BCUT2D eigenvalue weighted by molar-refractivity contribution is -0.111. The first-order valence-corrected chi connectivity index (χ1v) is 12.4. The van der Waals surface area contributed by atoms with Gasteiger partial charge in [0.05, 0.1) is 6.20 Å². The highest BCUT2D eigenvalue weighted by molar-refractivity contribution is 6.03. The zero-order valence-electron chi connectivity index (χ0n) is 20.6. The van der Waals surface area contributed by atoms with Gasteiger partial charge in [0.1, 0.15) is 11.6 Å². The molecule has 35 heavy (non-hydrogen) atoms. The Hall–Kier alpha value is -3.57. The fraction of sp³-hybridized carbons (Fsp3) is 0.444. The number of hydrogen-bond donors (Lipinski definition) is 4. The molecule has 1 aliphatic heterocycles. The van der Waals surface area contributed by atoms with Gasteiger partial charge in [-0.3, -0.25) is 4.79 Å². The van der Waals surface area contributed by atoms with Crippen LogP contribution in [0.4, 0.5) is 17.3 Å². The highest BCUT2D eigenvalue weighted by Gasteiger charge is 2.29. The summed E-state index contributed by atoms with van der Waals surface area (Å²) in [4.78, 5) is 16.8. The Balaban J connectivity index is 1.36. The molecule has 2 aliphatic rings. The van der Waals surface area contributed by atoms with E-state index in [0.717, 1.165) is 47.9 Å². The van der Waals surface area contributed by atoms with Crippen LogP contribution in [0.3, 0.4) is 0 Å². The summed E-state index contributed by atoms with van der Waals surface area (Å²) >= 11 is 0. The number of amides is 1. The summed E-state index contributed by atoms with van der Waals surface area (Å²) in [5.41, 5.74) is 4.09. The van der Waals surface area contributed by atoms with E-state index in [1.54, 1.807) is 6.92 Å². The Morgan fingerprint density at radius 1 is 1.26 bits per heavy atom. The first kappa shape index (κ1) is 23.2. The van der Waals surface area contributed by atoms with Gasteiger partial charge in [0.25, 0.3) is 5.91 Å². The van der Waals surface area contributed by atoms with Crippen molar-refractivity contribution in [3.05, 3.63) is 47.7 Å². The lowest BCUT2D eigenvalue weighted by Crippen LogP contribution is -2.50. The van der Waals surface area contributed by atoms with Crippen LogP contribution in [-0.2, 0) is 11.3 Å². The second-order valence-corrected chi connectivity index (χ2v) is 10.2. The van der Waals surface area contributed by atoms with Crippen molar-refractivity contribution in [2.45, 2.75) is 70.5 Å². The predicted molar refractivity (Wildman–Crippen MR) is 140 cm³/mol. The Bertz CT molecular complexity index is 1290. The quantitative estimate of drug-likeness (QED) is 0.387. The van der Waals surface area contributed by atoms with Crippen LogP contribution in [0.1, 0.15) is 63.5 Å². The number of fused-ring (bicyclic) bond motifs is 1. The van der Waals surface area contributed by atoms with E-state index < -0.39 is 0 Å². The van der Waals surface area contributed by atoms with E-state index in [4.69, 9.17) is 4.98 Å². The molecule has 2 fully saturated rings. The zero-order valence-corrected chi connectivity index (χ0v) is 20.6. The van der Waals surface area contributed by atoms with E-state index in [1.807, 2.05) is 41.0 Å². The molecule has 3 aromatic rings. The number of nitrogens with one attached hydrogen (secondary N) is 4. The number of anilines is 3. The molecule has 1 amide bonds. The van der Waals surface area contributed by atoms with Gasteiger partial charge in [0, 0.05) is 42.0 Å². The monoisotopic (exact) mass is 471 g/mol. The number of rotatable bonds is 7. The molecule has 1 atom stereocenters. The number of aromatic nitrogens is 3. The molecule has 1 aromatic carbocycles. The normalized spacial score (nSPS) is 19.0. The highest BCUT2D eigenvalue weighted by Crippen LogP contribution is 2.42. The highest BCUT2D eigenvalue weighted by atomic mass is 16.1. The summed E-state index contributed by atoms with van der Waals surface area (Å²) in [6.07, 6.45) is 6.59. The average molecular weight is 472 g/mol. The number of carbonyl (C=O) groups excluding carboxylic acids is 1. The maximum Gasteiger partial charge on any atom is 0.300 e. The smallest absolute Gasteiger partial charge is 0.300 e. The molecule has 0 unspecified atom stereocenters. The third kappa shape index (κ3) is 5.57. The van der Waals surface area contributed by atoms with Gasteiger partial charge in [-0.1, -0.05) is 18.1 Å². The second kappa shape index (κ2) is 9.59. The van der Waals surface area contributed by atoms with E-state index >= 15 is 0 Å². The largest absolute Gasteiger partial charge is 0.366 e. The summed E-state index contributed by atoms with van der Waals surface area (Å²) in [6, 6.07) is 10.1. The summed E-state index contributed by atoms with van der Waals surface area (Å²) in [5, 5.41) is 18.3. The van der Waals surface area contributed by atoms with E-state index in [-0.39, 0.29) is 11.4 Å². The van der Waals surface area contributed by atoms with Crippen LogP contribution >= 0.6 is 0 Å². The molecule has 1 aliphatic carbocycles. The Labute approximate surface area is 206 Å². The van der Waals surface area contributed by atoms with Crippen LogP contribution in [-0.4, -0.2) is 38.6 Å². The number of benzene rings is 1. The molecule has 8 heteroatoms. The second-order valence-electron chi connectivity index (χ2n) is 10.2. The SMILES string of the molecule is CC#CC(=O)Nc1cccc(CNc2cc(N[C@H]3CCC(C)(C)NC3)nc3c(C4CC4)cnn23)c1. The van der Waals surface area contributed by atoms with Crippen LogP contribution in [0.15, 0.2) is 36.5 Å². The molecule has 5 rings (SSSR count). The van der Waals surface area contributed by atoms with Gasteiger partial charge in [-0.2, -0.15) is 9.61 Å². The molecule has 8 nitrogen and oxygen atoms in total. The van der Waals surface area contributed by atoms with Crippen LogP contribution < -0.4 is 21.3 Å². The van der Waals surface area contributed by atoms with Crippen molar-refractivity contribution in [3.8, 4) is 11.8 Å². The minimum absolute atomic E-state index is 0.185. The maximum absolute atomic E-state index is 11.8. The van der Waals surface area contributed by atoms with Gasteiger partial charge in [-0.05, 0) is 76.0 Å². The van der Waals surface area contributed by atoms with Crippen molar-refractivity contribution in [1.82, 2.24) is 19.9 Å². The van der Waals surface area contributed by atoms with E-state index in [2.05, 4.69) is 52.1 Å². The Kier molecular flexibility index (Phi) is 6.35. The number of nitrogens with zero attached hydrogens (tertiary/aromatic N) is 3. The molecule has 3 heterocycles. The molecule has 0 bridgehead atoms. The van der Waals surface area contributed by atoms with Crippen molar-refractivity contribution in [1.29, 1.82) is 0 Å². The number of hydrogen-bond acceptors (Lipinski definition) is 6. The third-order valence-corrected chi connectivity index (χ3v) is 6.71. The molecule has 0 radical (unpaired) electrons. The first-order valence-electron chi connectivity index (χ1n) is 12.4. The molecule has 1 saturated carbocycles. The lowest BCUT2D eigenvalue weighted by Gasteiger charge is -2.36. The zero-order chi connectivity index (χ0) is 24.4. The van der Waals surface area contributed by atoms with Crippen molar-refractivity contribution < 1.29 is 4.79 Å². The predicted octanol–water partition coefficient (Wildman–Crippen LogP) is 4.12. The molecule has 0 spiro atoms. The Morgan fingerprint density at radius 3 is 2.86 bits per heavy atom.